The van der Waals surface area contributed by atoms with Crippen LogP contribution in [0.3, 0.4) is 0 Å². The molecule has 5 heteroatoms. The highest BCUT2D eigenvalue weighted by Crippen LogP contribution is 2.51. The Morgan fingerprint density at radius 3 is 2.31 bits per heavy atom. The van der Waals surface area contributed by atoms with E-state index in [1.165, 1.54) is 14.2 Å². The van der Waals surface area contributed by atoms with Gasteiger partial charge in [-0.15, -0.1) is 0 Å². The van der Waals surface area contributed by atoms with Crippen molar-refractivity contribution in [1.29, 1.82) is 0 Å². The lowest BCUT2D eigenvalue weighted by Crippen LogP contribution is -2.09. The van der Waals surface area contributed by atoms with E-state index in [-0.39, 0.29) is 11.5 Å². The molecule has 0 atom stereocenters. The van der Waals surface area contributed by atoms with Crippen LogP contribution in [0.2, 0.25) is 0 Å². The summed E-state index contributed by atoms with van der Waals surface area (Å²) < 4.78 is 24.4. The van der Waals surface area contributed by atoms with E-state index >= 15 is 0 Å². The molecule has 1 aliphatic carbocycles. The van der Waals surface area contributed by atoms with Gasteiger partial charge < -0.3 is 14.6 Å². The maximum absolute atomic E-state index is 14.0. The third-order valence-electron chi connectivity index (χ3n) is 2.76. The first-order valence-corrected chi connectivity index (χ1v) is 5.65. The largest absolute Gasteiger partial charge is 0.493 e. The third kappa shape index (κ3) is 1.68. The summed E-state index contributed by atoms with van der Waals surface area (Å²) in [5.41, 5.74) is -0.471. The predicted molar refractivity (Wildman–Crippen MR) is 60.3 cm³/mol. The van der Waals surface area contributed by atoms with Gasteiger partial charge in [0.1, 0.15) is 0 Å². The van der Waals surface area contributed by atoms with Crippen molar-refractivity contribution in [2.24, 2.45) is 0 Å². The van der Waals surface area contributed by atoms with Crippen molar-refractivity contribution in [3.8, 4) is 11.5 Å². The van der Waals surface area contributed by atoms with Crippen LogP contribution in [-0.2, 0) is 5.60 Å². The van der Waals surface area contributed by atoms with E-state index in [9.17, 15) is 9.50 Å². The Bertz CT molecular complexity index is 430. The molecule has 1 N–H and O–H groups in total. The van der Waals surface area contributed by atoms with E-state index in [4.69, 9.17) is 9.47 Å². The molecule has 1 aliphatic rings. The van der Waals surface area contributed by atoms with E-state index in [0.29, 0.717) is 22.9 Å². The van der Waals surface area contributed by atoms with Crippen LogP contribution in [0.4, 0.5) is 4.39 Å². The Kier molecular flexibility index (Phi) is 2.84. The zero-order valence-electron chi connectivity index (χ0n) is 9.01. The molecule has 0 aliphatic heterocycles. The topological polar surface area (TPSA) is 38.7 Å². The SMILES string of the molecule is COc1c(Br)cc(C2(O)CC2)c(OC)c1F. The molecule has 88 valence electrons. The van der Waals surface area contributed by atoms with Crippen LogP contribution in [0.15, 0.2) is 10.5 Å². The van der Waals surface area contributed by atoms with Gasteiger partial charge in [0, 0.05) is 5.56 Å². The van der Waals surface area contributed by atoms with Gasteiger partial charge in [-0.3, -0.25) is 0 Å². The average Bonchev–Trinajstić information content (AvgIpc) is 2.98. The number of halogens is 2. The lowest BCUT2D eigenvalue weighted by molar-refractivity contribution is 0.146. The number of aliphatic hydroxyl groups is 1. The van der Waals surface area contributed by atoms with Crippen molar-refractivity contribution in [3.63, 3.8) is 0 Å². The molecule has 1 fully saturated rings. The Morgan fingerprint density at radius 1 is 1.31 bits per heavy atom. The molecule has 0 unspecified atom stereocenters. The molecule has 0 amide bonds. The van der Waals surface area contributed by atoms with Gasteiger partial charge in [0.25, 0.3) is 0 Å². The summed E-state index contributed by atoms with van der Waals surface area (Å²) in [6.07, 6.45) is 1.25. The van der Waals surface area contributed by atoms with Crippen molar-refractivity contribution in [3.05, 3.63) is 21.9 Å². The van der Waals surface area contributed by atoms with Crippen LogP contribution in [0.5, 0.6) is 11.5 Å². The highest BCUT2D eigenvalue weighted by Gasteiger charge is 2.45. The Balaban J connectivity index is 2.62. The summed E-state index contributed by atoms with van der Waals surface area (Å²) in [6.45, 7) is 0. The van der Waals surface area contributed by atoms with Gasteiger partial charge in [-0.05, 0) is 34.8 Å². The zero-order valence-corrected chi connectivity index (χ0v) is 10.6. The van der Waals surface area contributed by atoms with E-state index < -0.39 is 11.4 Å². The molecule has 0 radical (unpaired) electrons. The molecule has 1 saturated carbocycles. The fourth-order valence-corrected chi connectivity index (χ4v) is 2.27. The molecule has 0 bridgehead atoms. The summed E-state index contributed by atoms with van der Waals surface area (Å²) >= 11 is 3.21. The van der Waals surface area contributed by atoms with Crippen molar-refractivity contribution < 1.29 is 19.0 Å². The fourth-order valence-electron chi connectivity index (χ4n) is 1.70. The van der Waals surface area contributed by atoms with Gasteiger partial charge >= 0.3 is 0 Å². The van der Waals surface area contributed by atoms with Crippen LogP contribution >= 0.6 is 15.9 Å². The minimum Gasteiger partial charge on any atom is -0.493 e. The first-order valence-electron chi connectivity index (χ1n) is 4.86. The zero-order chi connectivity index (χ0) is 11.9. The standard InChI is InChI=1S/C11H12BrFO3/c1-15-9-6(11(14)3-4-11)5-7(12)10(16-2)8(9)13/h5,14H,3-4H2,1-2H3. The van der Waals surface area contributed by atoms with Crippen LogP contribution in [-0.4, -0.2) is 19.3 Å². The lowest BCUT2D eigenvalue weighted by atomic mass is 10.1. The number of ether oxygens (including phenoxy) is 2. The molecule has 0 saturated heterocycles. The Hall–Kier alpha value is -0.810. The van der Waals surface area contributed by atoms with Crippen LogP contribution in [0, 0.1) is 5.82 Å². The highest BCUT2D eigenvalue weighted by atomic mass is 79.9. The maximum Gasteiger partial charge on any atom is 0.208 e. The van der Waals surface area contributed by atoms with Gasteiger partial charge in [-0.2, -0.15) is 4.39 Å². The summed E-state index contributed by atoms with van der Waals surface area (Å²) in [5.74, 6) is -0.445. The number of hydrogen-bond acceptors (Lipinski definition) is 3. The normalized spacial score (nSPS) is 17.1. The maximum atomic E-state index is 14.0. The molecule has 0 aromatic heterocycles. The monoisotopic (exact) mass is 290 g/mol. The Labute approximate surface area is 101 Å². The Morgan fingerprint density at radius 2 is 1.88 bits per heavy atom. The van der Waals surface area contributed by atoms with E-state index in [1.807, 2.05) is 0 Å². The second-order valence-corrected chi connectivity index (χ2v) is 4.67. The molecule has 2 rings (SSSR count). The van der Waals surface area contributed by atoms with E-state index in [1.54, 1.807) is 6.07 Å². The molecule has 3 nitrogen and oxygen atoms in total. The van der Waals surface area contributed by atoms with Crippen molar-refractivity contribution in [2.45, 2.75) is 18.4 Å². The van der Waals surface area contributed by atoms with E-state index in [2.05, 4.69) is 15.9 Å². The van der Waals surface area contributed by atoms with Gasteiger partial charge in [0.2, 0.25) is 5.82 Å². The fraction of sp³-hybridized carbons (Fsp3) is 0.455. The molecule has 1 aromatic rings. The third-order valence-corrected chi connectivity index (χ3v) is 3.35. The summed E-state index contributed by atoms with van der Waals surface area (Å²) in [4.78, 5) is 0. The van der Waals surface area contributed by atoms with Crippen molar-refractivity contribution in [1.82, 2.24) is 0 Å². The van der Waals surface area contributed by atoms with Crippen LogP contribution in [0.1, 0.15) is 18.4 Å². The smallest absolute Gasteiger partial charge is 0.208 e. The molecular weight excluding hydrogens is 279 g/mol. The molecule has 16 heavy (non-hydrogen) atoms. The first kappa shape index (κ1) is 11.7. The predicted octanol–water partition coefficient (Wildman–Crippen LogP) is 2.59. The van der Waals surface area contributed by atoms with Gasteiger partial charge in [0.15, 0.2) is 11.5 Å². The number of methoxy groups -OCH3 is 2. The second kappa shape index (κ2) is 3.89. The molecule has 0 spiro atoms. The summed E-state index contributed by atoms with van der Waals surface area (Å²) in [6, 6.07) is 1.65. The minimum atomic E-state index is -0.943. The number of rotatable bonds is 3. The number of benzene rings is 1. The van der Waals surface area contributed by atoms with Crippen LogP contribution in [0.25, 0.3) is 0 Å². The highest BCUT2D eigenvalue weighted by molar-refractivity contribution is 9.10. The quantitative estimate of drug-likeness (QED) is 0.930. The number of hydrogen-bond donors (Lipinski definition) is 1. The van der Waals surface area contributed by atoms with E-state index in [0.717, 1.165) is 0 Å². The van der Waals surface area contributed by atoms with Crippen molar-refractivity contribution in [2.75, 3.05) is 14.2 Å². The summed E-state index contributed by atoms with van der Waals surface area (Å²) in [5, 5.41) is 10.0. The minimum absolute atomic E-state index is 0.0556. The summed E-state index contributed by atoms with van der Waals surface area (Å²) in [7, 11) is 2.76. The van der Waals surface area contributed by atoms with Gasteiger partial charge in [0.05, 0.1) is 24.3 Å². The van der Waals surface area contributed by atoms with Crippen LogP contribution < -0.4 is 9.47 Å². The molecule has 1 aromatic carbocycles. The first-order chi connectivity index (χ1) is 7.53. The average molecular weight is 291 g/mol. The molecule has 0 heterocycles. The van der Waals surface area contributed by atoms with Crippen molar-refractivity contribution >= 4 is 15.9 Å². The van der Waals surface area contributed by atoms with Gasteiger partial charge in [-0.1, -0.05) is 0 Å². The van der Waals surface area contributed by atoms with Gasteiger partial charge in [-0.25, -0.2) is 0 Å². The molecular formula is C11H12BrFO3. The second-order valence-electron chi connectivity index (χ2n) is 3.82. The lowest BCUT2D eigenvalue weighted by Gasteiger charge is -2.17.